The molecule has 0 spiro atoms. The number of benzene rings is 1. The summed E-state index contributed by atoms with van der Waals surface area (Å²) < 4.78 is 0. The minimum atomic E-state index is 0.668. The van der Waals surface area contributed by atoms with Crippen molar-refractivity contribution in [1.29, 1.82) is 0 Å². The molecule has 0 heterocycles. The Morgan fingerprint density at radius 2 is 1.90 bits per heavy atom. The van der Waals surface area contributed by atoms with Crippen molar-refractivity contribution in [2.24, 2.45) is 0 Å². The van der Waals surface area contributed by atoms with Crippen LogP contribution in [0.4, 0.5) is 0 Å². The smallest absolute Gasteiger partial charge is 0.0237 e. The van der Waals surface area contributed by atoms with E-state index >= 15 is 0 Å². The first-order valence-corrected chi connectivity index (χ1v) is 9.08. The minimum absolute atomic E-state index is 0.668. The van der Waals surface area contributed by atoms with Crippen LogP contribution in [-0.2, 0) is 13.1 Å². The molecule has 0 bridgehead atoms. The van der Waals surface area contributed by atoms with Crippen molar-refractivity contribution in [2.75, 3.05) is 25.6 Å². The van der Waals surface area contributed by atoms with Crippen molar-refractivity contribution in [3.05, 3.63) is 35.4 Å². The third-order valence-corrected chi connectivity index (χ3v) is 4.45. The molecule has 1 atom stereocenters. The first-order chi connectivity index (χ1) is 9.72. The van der Waals surface area contributed by atoms with Gasteiger partial charge < -0.3 is 5.32 Å². The minimum Gasteiger partial charge on any atom is -0.313 e. The standard InChI is InChI=1S/C17H30N2S/c1-5-11-18-12-15-9-7-8-10-16(15)13-19(3)17(6-2)14-20-4/h7-10,17-18H,5-6,11-14H2,1-4H3. The molecule has 0 aliphatic heterocycles. The Balaban J connectivity index is 2.65. The molecule has 1 aromatic rings. The van der Waals surface area contributed by atoms with Gasteiger partial charge in [-0.25, -0.2) is 0 Å². The second-order valence-electron chi connectivity index (χ2n) is 5.38. The van der Waals surface area contributed by atoms with Gasteiger partial charge in [0.05, 0.1) is 0 Å². The topological polar surface area (TPSA) is 15.3 Å². The molecule has 3 heteroatoms. The normalized spacial score (nSPS) is 12.8. The van der Waals surface area contributed by atoms with Gasteiger partial charge in [0.2, 0.25) is 0 Å². The molecule has 2 nitrogen and oxygen atoms in total. The molecule has 1 rings (SSSR count). The van der Waals surface area contributed by atoms with E-state index < -0.39 is 0 Å². The second kappa shape index (κ2) is 10.3. The van der Waals surface area contributed by atoms with E-state index in [-0.39, 0.29) is 0 Å². The van der Waals surface area contributed by atoms with Crippen molar-refractivity contribution in [3.63, 3.8) is 0 Å². The van der Waals surface area contributed by atoms with Crippen molar-refractivity contribution in [2.45, 2.75) is 45.8 Å². The highest BCUT2D eigenvalue weighted by molar-refractivity contribution is 7.98. The van der Waals surface area contributed by atoms with E-state index in [2.05, 4.69) is 61.6 Å². The molecular formula is C17H30N2S. The molecule has 1 aromatic carbocycles. The summed E-state index contributed by atoms with van der Waals surface area (Å²) in [6.45, 7) is 7.61. The van der Waals surface area contributed by atoms with Crippen molar-refractivity contribution < 1.29 is 0 Å². The first kappa shape index (κ1) is 17.5. The maximum Gasteiger partial charge on any atom is 0.0237 e. The van der Waals surface area contributed by atoms with Crippen molar-refractivity contribution in [1.82, 2.24) is 10.2 Å². The average molecular weight is 295 g/mol. The molecule has 0 aliphatic carbocycles. The Kier molecular flexibility index (Phi) is 8.99. The number of nitrogens with zero attached hydrogens (tertiary/aromatic N) is 1. The lowest BCUT2D eigenvalue weighted by Crippen LogP contribution is -2.33. The highest BCUT2D eigenvalue weighted by atomic mass is 32.2. The van der Waals surface area contributed by atoms with Gasteiger partial charge in [0.15, 0.2) is 0 Å². The summed E-state index contributed by atoms with van der Waals surface area (Å²) in [6.07, 6.45) is 4.60. The second-order valence-corrected chi connectivity index (χ2v) is 6.29. The zero-order valence-electron chi connectivity index (χ0n) is 13.5. The maximum atomic E-state index is 3.51. The Morgan fingerprint density at radius 3 is 2.50 bits per heavy atom. The molecule has 0 aliphatic rings. The van der Waals surface area contributed by atoms with Crippen LogP contribution >= 0.6 is 11.8 Å². The molecule has 1 N–H and O–H groups in total. The van der Waals surface area contributed by atoms with Crippen LogP contribution in [0.3, 0.4) is 0 Å². The van der Waals surface area contributed by atoms with Gasteiger partial charge in [0.25, 0.3) is 0 Å². The number of rotatable bonds is 10. The van der Waals surface area contributed by atoms with Crippen molar-refractivity contribution in [3.8, 4) is 0 Å². The lowest BCUT2D eigenvalue weighted by Gasteiger charge is -2.27. The molecule has 0 fully saturated rings. The van der Waals surface area contributed by atoms with E-state index in [1.54, 1.807) is 0 Å². The van der Waals surface area contributed by atoms with Crippen LogP contribution in [-0.4, -0.2) is 36.5 Å². The van der Waals surface area contributed by atoms with Gasteiger partial charge in [-0.3, -0.25) is 4.90 Å². The van der Waals surface area contributed by atoms with Gasteiger partial charge >= 0.3 is 0 Å². The van der Waals surface area contributed by atoms with E-state index in [1.165, 1.54) is 29.7 Å². The predicted molar refractivity (Wildman–Crippen MR) is 92.4 cm³/mol. The van der Waals surface area contributed by atoms with E-state index in [9.17, 15) is 0 Å². The van der Waals surface area contributed by atoms with Crippen LogP contribution in [0, 0.1) is 0 Å². The van der Waals surface area contributed by atoms with Crippen LogP contribution in [0.25, 0.3) is 0 Å². The maximum absolute atomic E-state index is 3.51. The van der Waals surface area contributed by atoms with Crippen LogP contribution in [0.5, 0.6) is 0 Å². The van der Waals surface area contributed by atoms with E-state index in [1.807, 2.05) is 11.8 Å². The average Bonchev–Trinajstić information content (AvgIpc) is 2.46. The fourth-order valence-corrected chi connectivity index (χ4v) is 3.31. The molecule has 20 heavy (non-hydrogen) atoms. The number of hydrogen-bond donors (Lipinski definition) is 1. The molecule has 0 saturated carbocycles. The van der Waals surface area contributed by atoms with Gasteiger partial charge in [-0.2, -0.15) is 11.8 Å². The molecule has 1 unspecified atom stereocenters. The Labute approximate surface area is 129 Å². The summed E-state index contributed by atoms with van der Waals surface area (Å²) >= 11 is 1.94. The van der Waals surface area contributed by atoms with E-state index in [0.717, 1.165) is 19.6 Å². The molecule has 0 saturated heterocycles. The predicted octanol–water partition coefficient (Wildman–Crippen LogP) is 3.76. The summed E-state index contributed by atoms with van der Waals surface area (Å²) in [4.78, 5) is 2.50. The van der Waals surface area contributed by atoms with Gasteiger partial charge in [-0.05, 0) is 43.8 Å². The lowest BCUT2D eigenvalue weighted by molar-refractivity contribution is 0.247. The quantitative estimate of drug-likeness (QED) is 0.662. The summed E-state index contributed by atoms with van der Waals surface area (Å²) in [6, 6.07) is 9.49. The molecule has 114 valence electrons. The Morgan fingerprint density at radius 1 is 1.20 bits per heavy atom. The van der Waals surface area contributed by atoms with E-state index in [4.69, 9.17) is 0 Å². The van der Waals surface area contributed by atoms with Crippen molar-refractivity contribution >= 4 is 11.8 Å². The Hall–Kier alpha value is -0.510. The van der Waals surface area contributed by atoms with Gasteiger partial charge in [-0.15, -0.1) is 0 Å². The third-order valence-electron chi connectivity index (χ3n) is 3.73. The monoisotopic (exact) mass is 294 g/mol. The highest BCUT2D eigenvalue weighted by Gasteiger charge is 2.13. The number of nitrogens with one attached hydrogen (secondary N) is 1. The third kappa shape index (κ3) is 5.86. The summed E-state index contributed by atoms with van der Waals surface area (Å²) in [7, 11) is 2.25. The number of thioether (sulfide) groups is 1. The fourth-order valence-electron chi connectivity index (χ4n) is 2.43. The summed E-state index contributed by atoms with van der Waals surface area (Å²) in [5, 5.41) is 3.51. The molecular weight excluding hydrogens is 264 g/mol. The lowest BCUT2D eigenvalue weighted by atomic mass is 10.1. The van der Waals surface area contributed by atoms with E-state index in [0.29, 0.717) is 6.04 Å². The van der Waals surface area contributed by atoms with Crippen LogP contribution in [0.2, 0.25) is 0 Å². The van der Waals surface area contributed by atoms with Crippen LogP contribution in [0.1, 0.15) is 37.8 Å². The van der Waals surface area contributed by atoms with Gasteiger partial charge in [-0.1, -0.05) is 38.1 Å². The summed E-state index contributed by atoms with van der Waals surface area (Å²) in [5.41, 5.74) is 2.89. The highest BCUT2D eigenvalue weighted by Crippen LogP contribution is 2.15. The fraction of sp³-hybridized carbons (Fsp3) is 0.647. The van der Waals surface area contributed by atoms with Crippen LogP contribution in [0.15, 0.2) is 24.3 Å². The zero-order chi connectivity index (χ0) is 14.8. The Bertz CT molecular complexity index is 368. The zero-order valence-corrected chi connectivity index (χ0v) is 14.3. The summed E-state index contributed by atoms with van der Waals surface area (Å²) in [5.74, 6) is 1.21. The molecule has 0 radical (unpaired) electrons. The van der Waals surface area contributed by atoms with Gasteiger partial charge in [0.1, 0.15) is 0 Å². The molecule has 0 amide bonds. The largest absolute Gasteiger partial charge is 0.313 e. The SMILES string of the molecule is CCCNCc1ccccc1CN(C)C(CC)CSC. The molecule has 0 aromatic heterocycles. The number of hydrogen-bond acceptors (Lipinski definition) is 3. The first-order valence-electron chi connectivity index (χ1n) is 7.69. The van der Waals surface area contributed by atoms with Crippen LogP contribution < -0.4 is 5.32 Å². The van der Waals surface area contributed by atoms with Gasteiger partial charge in [0, 0.05) is 24.9 Å².